The van der Waals surface area contributed by atoms with Crippen LogP contribution in [0.15, 0.2) is 16.3 Å². The second-order valence-corrected chi connectivity index (χ2v) is 6.65. The molecule has 0 spiro atoms. The minimum absolute atomic E-state index is 0.0547. The summed E-state index contributed by atoms with van der Waals surface area (Å²) < 4.78 is 26.6. The van der Waals surface area contributed by atoms with Gasteiger partial charge < -0.3 is 0 Å². The van der Waals surface area contributed by atoms with Crippen molar-refractivity contribution in [2.75, 3.05) is 0 Å². The molecule has 0 aliphatic rings. The van der Waals surface area contributed by atoms with E-state index in [-0.39, 0.29) is 10.3 Å². The first kappa shape index (κ1) is 12.0. The highest BCUT2D eigenvalue weighted by atomic mass is 35.5. The number of rotatable bonds is 4. The van der Waals surface area contributed by atoms with Crippen LogP contribution in [0, 0.1) is 0 Å². The monoisotopic (exact) mass is 253 g/mol. The summed E-state index contributed by atoms with van der Waals surface area (Å²) in [5.74, 6) is 0. The first-order chi connectivity index (χ1) is 6.45. The van der Waals surface area contributed by atoms with Crippen molar-refractivity contribution in [1.29, 1.82) is 0 Å². The Balaban J connectivity index is 2.86. The summed E-state index contributed by atoms with van der Waals surface area (Å²) in [5, 5.41) is 0. The molecule has 1 aromatic rings. The Morgan fingerprint density at radius 2 is 2.21 bits per heavy atom. The van der Waals surface area contributed by atoms with Crippen molar-refractivity contribution in [1.82, 2.24) is 4.72 Å². The third-order valence-electron chi connectivity index (χ3n) is 1.78. The largest absolute Gasteiger partial charge is 0.250 e. The molecule has 80 valence electrons. The zero-order valence-corrected chi connectivity index (χ0v) is 10.3. The number of nitrogens with one attached hydrogen (secondary N) is 1. The summed E-state index contributed by atoms with van der Waals surface area (Å²) >= 11 is 6.73. The number of sulfonamides is 1. The lowest BCUT2D eigenvalue weighted by Crippen LogP contribution is -2.31. The molecule has 0 amide bonds. The molecule has 0 unspecified atom stereocenters. The van der Waals surface area contributed by atoms with Crippen LogP contribution in [0.25, 0.3) is 0 Å². The van der Waals surface area contributed by atoms with Crippen molar-refractivity contribution in [2.24, 2.45) is 0 Å². The van der Waals surface area contributed by atoms with Gasteiger partial charge in [-0.3, -0.25) is 0 Å². The molecule has 0 radical (unpaired) electrons. The molecule has 0 bridgehead atoms. The lowest BCUT2D eigenvalue weighted by Gasteiger charge is -2.10. The molecule has 0 saturated heterocycles. The number of hydrogen-bond acceptors (Lipinski definition) is 3. The molecule has 1 heterocycles. The highest BCUT2D eigenvalue weighted by molar-refractivity contribution is 7.91. The van der Waals surface area contributed by atoms with Crippen molar-refractivity contribution < 1.29 is 8.42 Å². The van der Waals surface area contributed by atoms with Crippen LogP contribution < -0.4 is 4.72 Å². The normalized spacial score (nSPS) is 14.2. The third-order valence-corrected chi connectivity index (χ3v) is 5.09. The minimum atomic E-state index is -3.37. The Morgan fingerprint density at radius 3 is 2.64 bits per heavy atom. The zero-order chi connectivity index (χ0) is 10.8. The number of hydrogen-bond donors (Lipinski definition) is 1. The van der Waals surface area contributed by atoms with Crippen LogP contribution in [0.4, 0.5) is 0 Å². The van der Waals surface area contributed by atoms with E-state index in [1.165, 1.54) is 6.07 Å². The van der Waals surface area contributed by atoms with Crippen LogP contribution in [0.2, 0.25) is 4.34 Å². The average molecular weight is 254 g/mol. The van der Waals surface area contributed by atoms with E-state index in [1.54, 1.807) is 6.07 Å². The van der Waals surface area contributed by atoms with Crippen molar-refractivity contribution in [2.45, 2.75) is 30.5 Å². The molecule has 1 rings (SSSR count). The van der Waals surface area contributed by atoms with Gasteiger partial charge in [0, 0.05) is 6.04 Å². The van der Waals surface area contributed by atoms with Gasteiger partial charge in [0.05, 0.1) is 4.34 Å². The highest BCUT2D eigenvalue weighted by Gasteiger charge is 2.18. The van der Waals surface area contributed by atoms with Crippen molar-refractivity contribution in [3.8, 4) is 0 Å². The van der Waals surface area contributed by atoms with E-state index >= 15 is 0 Å². The van der Waals surface area contributed by atoms with Gasteiger partial charge in [-0.2, -0.15) is 0 Å². The van der Waals surface area contributed by atoms with Gasteiger partial charge in [-0.15, -0.1) is 11.3 Å². The highest BCUT2D eigenvalue weighted by Crippen LogP contribution is 2.25. The van der Waals surface area contributed by atoms with Crippen LogP contribution in [0.3, 0.4) is 0 Å². The summed E-state index contributed by atoms with van der Waals surface area (Å²) in [6, 6.07) is 3.04. The van der Waals surface area contributed by atoms with Crippen LogP contribution in [0.1, 0.15) is 20.3 Å². The van der Waals surface area contributed by atoms with Gasteiger partial charge in [-0.1, -0.05) is 18.5 Å². The molecule has 0 aliphatic heterocycles. The maximum absolute atomic E-state index is 11.7. The molecular weight excluding hydrogens is 242 g/mol. The van der Waals surface area contributed by atoms with Crippen LogP contribution in [-0.4, -0.2) is 14.5 Å². The summed E-state index contributed by atoms with van der Waals surface area (Å²) in [5.41, 5.74) is 0. The molecule has 1 N–H and O–H groups in total. The van der Waals surface area contributed by atoms with E-state index in [9.17, 15) is 8.42 Å². The summed E-state index contributed by atoms with van der Waals surface area (Å²) in [6.45, 7) is 3.75. The Labute approximate surface area is 93.1 Å². The maximum atomic E-state index is 11.7. The molecule has 0 aliphatic carbocycles. The molecular formula is C8H12ClNO2S2. The van der Waals surface area contributed by atoms with Crippen molar-refractivity contribution >= 4 is 33.0 Å². The first-order valence-electron chi connectivity index (χ1n) is 4.23. The average Bonchev–Trinajstić information content (AvgIpc) is 2.51. The standard InChI is InChI=1S/C8H12ClNO2S2/c1-3-6(2)10-14(11,12)8-5-4-7(9)13-8/h4-6,10H,3H2,1-2H3/t6-/m0/s1. The molecule has 6 heteroatoms. The molecule has 0 saturated carbocycles. The fraction of sp³-hybridized carbons (Fsp3) is 0.500. The lowest BCUT2D eigenvalue weighted by molar-refractivity contribution is 0.558. The quantitative estimate of drug-likeness (QED) is 0.896. The van der Waals surface area contributed by atoms with Crippen LogP contribution in [0.5, 0.6) is 0 Å². The smallest absolute Gasteiger partial charge is 0.208 e. The third kappa shape index (κ3) is 2.95. The Kier molecular flexibility index (Phi) is 3.94. The van der Waals surface area contributed by atoms with Gasteiger partial charge in [0.25, 0.3) is 0 Å². The Hall–Kier alpha value is -0.100. The van der Waals surface area contributed by atoms with Crippen LogP contribution in [-0.2, 0) is 10.0 Å². The fourth-order valence-electron chi connectivity index (χ4n) is 0.848. The summed E-state index contributed by atoms with van der Waals surface area (Å²) in [7, 11) is -3.37. The number of halogens is 1. The SMILES string of the molecule is CC[C@H](C)NS(=O)(=O)c1ccc(Cl)s1. The number of thiophene rings is 1. The molecule has 0 fully saturated rings. The maximum Gasteiger partial charge on any atom is 0.250 e. The van der Waals surface area contributed by atoms with E-state index < -0.39 is 10.0 Å². The Morgan fingerprint density at radius 1 is 1.57 bits per heavy atom. The minimum Gasteiger partial charge on any atom is -0.208 e. The fourth-order valence-corrected chi connectivity index (χ4v) is 3.67. The summed E-state index contributed by atoms with van der Waals surface area (Å²) in [4.78, 5) is 0. The van der Waals surface area contributed by atoms with Crippen molar-refractivity contribution in [3.05, 3.63) is 16.5 Å². The predicted octanol–water partition coefficient (Wildman–Crippen LogP) is 2.48. The molecule has 14 heavy (non-hydrogen) atoms. The van der Waals surface area contributed by atoms with Gasteiger partial charge in [0.15, 0.2) is 0 Å². The predicted molar refractivity (Wildman–Crippen MR) is 59.4 cm³/mol. The van der Waals surface area contributed by atoms with E-state index in [4.69, 9.17) is 11.6 Å². The zero-order valence-electron chi connectivity index (χ0n) is 7.95. The lowest BCUT2D eigenvalue weighted by atomic mass is 10.3. The topological polar surface area (TPSA) is 46.2 Å². The summed E-state index contributed by atoms with van der Waals surface area (Å²) in [6.07, 6.45) is 0.762. The van der Waals surface area contributed by atoms with E-state index in [1.807, 2.05) is 13.8 Å². The van der Waals surface area contributed by atoms with Gasteiger partial charge >= 0.3 is 0 Å². The van der Waals surface area contributed by atoms with Crippen LogP contribution >= 0.6 is 22.9 Å². The second-order valence-electron chi connectivity index (χ2n) is 2.99. The second kappa shape index (κ2) is 4.61. The van der Waals surface area contributed by atoms with Crippen molar-refractivity contribution in [3.63, 3.8) is 0 Å². The van der Waals surface area contributed by atoms with Gasteiger partial charge in [0.1, 0.15) is 4.21 Å². The van der Waals surface area contributed by atoms with Gasteiger partial charge in [-0.05, 0) is 25.5 Å². The van der Waals surface area contributed by atoms with E-state index in [0.717, 1.165) is 17.8 Å². The molecule has 0 aromatic carbocycles. The van der Waals surface area contributed by atoms with Gasteiger partial charge in [-0.25, -0.2) is 13.1 Å². The van der Waals surface area contributed by atoms with E-state index in [0.29, 0.717) is 4.34 Å². The Bertz CT molecular complexity index is 399. The first-order valence-corrected chi connectivity index (χ1v) is 6.91. The molecule has 1 atom stereocenters. The molecule has 1 aromatic heterocycles. The molecule has 3 nitrogen and oxygen atoms in total. The van der Waals surface area contributed by atoms with Gasteiger partial charge in [0.2, 0.25) is 10.0 Å². The van der Waals surface area contributed by atoms with E-state index in [2.05, 4.69) is 4.72 Å².